The van der Waals surface area contributed by atoms with Gasteiger partial charge in [-0.05, 0) is 51.1 Å². The number of piperazine rings is 1. The van der Waals surface area contributed by atoms with Crippen LogP contribution in [0.1, 0.15) is 58.3 Å². The summed E-state index contributed by atoms with van der Waals surface area (Å²) in [6, 6.07) is 1.56. The van der Waals surface area contributed by atoms with Gasteiger partial charge in [-0.2, -0.15) is 0 Å². The van der Waals surface area contributed by atoms with Gasteiger partial charge in [-0.15, -0.1) is 0 Å². The van der Waals surface area contributed by atoms with Crippen LogP contribution < -0.4 is 5.73 Å². The van der Waals surface area contributed by atoms with E-state index in [1.807, 2.05) is 0 Å². The summed E-state index contributed by atoms with van der Waals surface area (Å²) >= 11 is 0. The quantitative estimate of drug-likeness (QED) is 0.806. The first-order valence-corrected chi connectivity index (χ1v) is 8.91. The molecule has 1 aliphatic carbocycles. The highest BCUT2D eigenvalue weighted by Crippen LogP contribution is 2.36. The molecule has 2 aliphatic heterocycles. The van der Waals surface area contributed by atoms with E-state index < -0.39 is 0 Å². The molecule has 2 atom stereocenters. The highest BCUT2D eigenvalue weighted by Gasteiger charge is 2.38. The lowest BCUT2D eigenvalue weighted by atomic mass is 9.79. The first kappa shape index (κ1) is 14.8. The molecule has 0 spiro atoms. The molecular weight excluding hydrogens is 246 g/mol. The zero-order valence-electron chi connectivity index (χ0n) is 13.3. The molecule has 3 nitrogen and oxygen atoms in total. The molecule has 0 amide bonds. The van der Waals surface area contributed by atoms with Gasteiger partial charge in [0, 0.05) is 31.7 Å². The van der Waals surface area contributed by atoms with Crippen LogP contribution in [0.15, 0.2) is 0 Å². The molecule has 0 radical (unpaired) electrons. The molecule has 3 heteroatoms. The number of hydrogen-bond acceptors (Lipinski definition) is 3. The van der Waals surface area contributed by atoms with Crippen molar-refractivity contribution in [1.29, 1.82) is 0 Å². The SMILES string of the molecule is CC1CN2CCCC2CN1CC1(CN)CCCCCC1. The fourth-order valence-electron chi connectivity index (χ4n) is 4.80. The van der Waals surface area contributed by atoms with Crippen LogP contribution in [0.5, 0.6) is 0 Å². The maximum absolute atomic E-state index is 6.24. The highest BCUT2D eigenvalue weighted by molar-refractivity contribution is 4.94. The molecule has 2 saturated heterocycles. The minimum Gasteiger partial charge on any atom is -0.330 e. The average molecular weight is 279 g/mol. The van der Waals surface area contributed by atoms with E-state index >= 15 is 0 Å². The van der Waals surface area contributed by atoms with Gasteiger partial charge >= 0.3 is 0 Å². The standard InChI is InChI=1S/C17H33N3/c1-15-11-19-10-6-7-16(19)12-20(15)14-17(13-18)8-4-2-3-5-9-17/h15-16H,2-14,18H2,1H3. The Kier molecular flexibility index (Phi) is 4.68. The van der Waals surface area contributed by atoms with Gasteiger partial charge in [0.1, 0.15) is 0 Å². The molecule has 2 N–H and O–H groups in total. The smallest absolute Gasteiger partial charge is 0.0224 e. The van der Waals surface area contributed by atoms with E-state index in [0.29, 0.717) is 5.41 Å². The fraction of sp³-hybridized carbons (Fsp3) is 1.00. The molecule has 116 valence electrons. The predicted octanol–water partition coefficient (Wildman–Crippen LogP) is 2.45. The first-order valence-electron chi connectivity index (χ1n) is 8.91. The van der Waals surface area contributed by atoms with Crippen molar-refractivity contribution in [3.05, 3.63) is 0 Å². The highest BCUT2D eigenvalue weighted by atomic mass is 15.3. The zero-order valence-corrected chi connectivity index (χ0v) is 13.3. The number of nitrogens with two attached hydrogens (primary N) is 1. The second-order valence-electron chi connectivity index (χ2n) is 7.69. The molecule has 2 heterocycles. The van der Waals surface area contributed by atoms with Gasteiger partial charge in [0.05, 0.1) is 0 Å². The number of nitrogens with zero attached hydrogens (tertiary/aromatic N) is 2. The Labute approximate surface area is 124 Å². The van der Waals surface area contributed by atoms with E-state index in [-0.39, 0.29) is 0 Å². The van der Waals surface area contributed by atoms with Crippen LogP contribution in [0.25, 0.3) is 0 Å². The van der Waals surface area contributed by atoms with E-state index in [9.17, 15) is 0 Å². The van der Waals surface area contributed by atoms with Crippen LogP contribution in [0.2, 0.25) is 0 Å². The van der Waals surface area contributed by atoms with Crippen molar-refractivity contribution < 1.29 is 0 Å². The van der Waals surface area contributed by atoms with Gasteiger partial charge in [0.25, 0.3) is 0 Å². The van der Waals surface area contributed by atoms with E-state index in [0.717, 1.165) is 18.6 Å². The largest absolute Gasteiger partial charge is 0.330 e. The molecule has 3 rings (SSSR count). The van der Waals surface area contributed by atoms with Crippen molar-refractivity contribution in [2.45, 2.75) is 70.4 Å². The molecule has 2 unspecified atom stereocenters. The molecule has 20 heavy (non-hydrogen) atoms. The minimum atomic E-state index is 0.422. The molecule has 0 aromatic rings. The van der Waals surface area contributed by atoms with Crippen molar-refractivity contribution >= 4 is 0 Å². The summed E-state index contributed by atoms with van der Waals surface area (Å²) < 4.78 is 0. The molecule has 3 aliphatic rings. The maximum atomic E-state index is 6.24. The average Bonchev–Trinajstić information content (AvgIpc) is 2.76. The van der Waals surface area contributed by atoms with Gasteiger partial charge < -0.3 is 5.73 Å². The Balaban J connectivity index is 1.65. The van der Waals surface area contributed by atoms with Crippen LogP contribution in [-0.4, -0.2) is 54.6 Å². The van der Waals surface area contributed by atoms with Gasteiger partial charge in [-0.1, -0.05) is 25.7 Å². The Morgan fingerprint density at radius 1 is 1.05 bits per heavy atom. The third kappa shape index (κ3) is 3.05. The molecule has 3 fully saturated rings. The lowest BCUT2D eigenvalue weighted by Crippen LogP contribution is -2.58. The Morgan fingerprint density at radius 2 is 1.80 bits per heavy atom. The van der Waals surface area contributed by atoms with Crippen molar-refractivity contribution in [3.63, 3.8) is 0 Å². The van der Waals surface area contributed by atoms with Crippen molar-refractivity contribution in [1.82, 2.24) is 9.80 Å². The summed E-state index contributed by atoms with van der Waals surface area (Å²) in [4.78, 5) is 5.51. The van der Waals surface area contributed by atoms with Crippen LogP contribution in [0.4, 0.5) is 0 Å². The predicted molar refractivity (Wildman–Crippen MR) is 84.8 cm³/mol. The summed E-state index contributed by atoms with van der Waals surface area (Å²) in [6.45, 7) is 8.49. The third-order valence-electron chi connectivity index (χ3n) is 6.20. The molecular formula is C17H33N3. The maximum Gasteiger partial charge on any atom is 0.0224 e. The van der Waals surface area contributed by atoms with Crippen LogP contribution in [-0.2, 0) is 0 Å². The number of hydrogen-bond donors (Lipinski definition) is 1. The van der Waals surface area contributed by atoms with Crippen LogP contribution in [0.3, 0.4) is 0 Å². The summed E-state index contributed by atoms with van der Waals surface area (Å²) in [5.74, 6) is 0. The lowest BCUT2D eigenvalue weighted by Gasteiger charge is -2.46. The monoisotopic (exact) mass is 279 g/mol. The molecule has 0 aromatic heterocycles. The number of rotatable bonds is 3. The molecule has 1 saturated carbocycles. The van der Waals surface area contributed by atoms with Gasteiger partial charge in [-0.3, -0.25) is 9.80 Å². The summed E-state index contributed by atoms with van der Waals surface area (Å²) in [7, 11) is 0. The van der Waals surface area contributed by atoms with Gasteiger partial charge in [0.15, 0.2) is 0 Å². The lowest BCUT2D eigenvalue weighted by molar-refractivity contribution is 0.0227. The van der Waals surface area contributed by atoms with Crippen LogP contribution in [0, 0.1) is 5.41 Å². The summed E-state index contributed by atoms with van der Waals surface area (Å²) in [6.07, 6.45) is 11.2. The van der Waals surface area contributed by atoms with E-state index in [4.69, 9.17) is 5.73 Å². The second-order valence-corrected chi connectivity index (χ2v) is 7.69. The summed E-state index contributed by atoms with van der Waals surface area (Å²) in [5.41, 5.74) is 6.66. The van der Waals surface area contributed by atoms with Crippen LogP contribution >= 0.6 is 0 Å². The summed E-state index contributed by atoms with van der Waals surface area (Å²) in [5, 5.41) is 0. The fourth-order valence-corrected chi connectivity index (χ4v) is 4.80. The van der Waals surface area contributed by atoms with E-state index in [2.05, 4.69) is 16.7 Å². The van der Waals surface area contributed by atoms with E-state index in [1.165, 1.54) is 77.5 Å². The second kappa shape index (κ2) is 6.33. The Morgan fingerprint density at radius 3 is 2.50 bits per heavy atom. The van der Waals surface area contributed by atoms with Gasteiger partial charge in [-0.25, -0.2) is 0 Å². The number of fused-ring (bicyclic) bond motifs is 1. The van der Waals surface area contributed by atoms with Crippen molar-refractivity contribution in [2.75, 3.05) is 32.7 Å². The molecule has 0 bridgehead atoms. The third-order valence-corrected chi connectivity index (χ3v) is 6.20. The Hall–Kier alpha value is -0.120. The van der Waals surface area contributed by atoms with Gasteiger partial charge in [0.2, 0.25) is 0 Å². The first-order chi connectivity index (χ1) is 9.72. The van der Waals surface area contributed by atoms with Crippen molar-refractivity contribution in [3.8, 4) is 0 Å². The molecule has 0 aromatic carbocycles. The Bertz CT molecular complexity index is 309. The van der Waals surface area contributed by atoms with Crippen molar-refractivity contribution in [2.24, 2.45) is 11.1 Å². The van der Waals surface area contributed by atoms with E-state index in [1.54, 1.807) is 0 Å². The zero-order chi connectivity index (χ0) is 14.0. The minimum absolute atomic E-state index is 0.422. The topological polar surface area (TPSA) is 32.5 Å². The normalized spacial score (nSPS) is 35.7.